The van der Waals surface area contributed by atoms with Crippen molar-refractivity contribution in [3.8, 4) is 23.0 Å². The molecular formula is C63H46Au2P2+2. The van der Waals surface area contributed by atoms with Gasteiger partial charge in [-0.05, 0) is 87.3 Å². The molecule has 0 unspecified atom stereocenters. The van der Waals surface area contributed by atoms with E-state index < -0.39 is 15.8 Å². The maximum absolute atomic E-state index is 7.73. The molecule has 0 nitrogen and oxygen atoms in total. The molecule has 0 aromatic heterocycles. The minimum Gasteiger partial charge on any atom is -0.366 e. The van der Waals surface area contributed by atoms with Crippen LogP contribution in [-0.2, 0) is 44.8 Å². The summed E-state index contributed by atoms with van der Waals surface area (Å²) >= 11 is 0. The normalized spacial score (nSPS) is 10.4. The first-order chi connectivity index (χ1) is 32.2. The van der Waals surface area contributed by atoms with Crippen molar-refractivity contribution in [1.29, 1.82) is 0 Å². The van der Waals surface area contributed by atoms with Gasteiger partial charge in [0, 0.05) is 0 Å². The summed E-state index contributed by atoms with van der Waals surface area (Å²) in [6, 6.07) is 89.9. The average Bonchev–Trinajstić information content (AvgIpc) is 3.39. The fourth-order valence-electron chi connectivity index (χ4n) is 8.80. The van der Waals surface area contributed by atoms with Gasteiger partial charge in [0.2, 0.25) is 0 Å². The summed E-state index contributed by atoms with van der Waals surface area (Å²) in [6.07, 6.45) is 15.2. The Labute approximate surface area is 429 Å². The Balaban J connectivity index is 0.000000151. The van der Waals surface area contributed by atoms with Crippen molar-refractivity contribution in [3.05, 3.63) is 279 Å². The van der Waals surface area contributed by atoms with E-state index >= 15 is 0 Å². The molecule has 0 spiro atoms. The molecule has 0 radical (unpaired) electrons. The fraction of sp³-hybridized carbons (Fsp3) is 0.0159. The number of hydrogen-bond donors (Lipinski definition) is 0. The van der Waals surface area contributed by atoms with E-state index in [1.54, 1.807) is 0 Å². The molecule has 0 heterocycles. The van der Waals surface area contributed by atoms with Crippen LogP contribution in [-0.4, -0.2) is 5.90 Å². The van der Waals surface area contributed by atoms with Crippen molar-refractivity contribution >= 4 is 80.2 Å². The second kappa shape index (κ2) is 24.1. The van der Waals surface area contributed by atoms with Gasteiger partial charge in [0.1, 0.15) is 37.1 Å². The second-order valence-corrected chi connectivity index (χ2v) is 21.4. The summed E-state index contributed by atoms with van der Waals surface area (Å²) in [5.41, 5.74) is 4.18. The number of benzene rings is 11. The minimum absolute atomic E-state index is 0. The molecule has 0 atom stereocenters. The molecule has 11 rings (SSSR count). The van der Waals surface area contributed by atoms with Crippen LogP contribution < -0.4 is 21.2 Å². The molecule has 0 aliphatic heterocycles. The zero-order valence-corrected chi connectivity index (χ0v) is 42.9. The fourth-order valence-corrected chi connectivity index (χ4v) is 16.5. The van der Waals surface area contributed by atoms with Crippen LogP contribution in [0.15, 0.2) is 255 Å². The van der Waals surface area contributed by atoms with Crippen molar-refractivity contribution in [2.75, 3.05) is 5.90 Å². The molecular weight excluding hydrogens is 1210 g/mol. The van der Waals surface area contributed by atoms with E-state index in [2.05, 4.69) is 212 Å². The monoisotopic (exact) mass is 1260 g/mol. The van der Waals surface area contributed by atoms with Gasteiger partial charge >= 0.3 is 44.8 Å². The number of fused-ring (bicyclic) bond motifs is 4. The van der Waals surface area contributed by atoms with E-state index in [0.29, 0.717) is 0 Å². The predicted octanol–water partition coefficient (Wildman–Crippen LogP) is 14.2. The smallest absolute Gasteiger partial charge is 0.366 e. The van der Waals surface area contributed by atoms with Gasteiger partial charge in [-0.25, -0.2) is 0 Å². The van der Waals surface area contributed by atoms with Crippen LogP contribution in [0.25, 0.3) is 54.2 Å². The van der Waals surface area contributed by atoms with Crippen LogP contribution in [0, 0.1) is 24.7 Å². The van der Waals surface area contributed by atoms with Crippen molar-refractivity contribution in [2.24, 2.45) is 0 Å². The SMILES string of the molecule is [Au+].[Au+].[C-]#Cc1c2ccccc2c(-c2ccccc2)c2ccccc12.[C-]#Cc1c2ccccc2cc2ccccc12.c1ccc([PH+](C[PH+](c2ccccc2)c2ccccc2)c2ccccc2)cc1. The largest absolute Gasteiger partial charge is 1.00 e. The standard InChI is InChI=1S/C25H22P2.C22H13.C16H9.2Au/c1-5-13-22(14-6-1)26(23-15-7-2-8-16-23)21-27(24-17-9-3-10-18-24)25-19-11-4-12-20-25;1-2-17-18-12-6-8-14-20(18)22(16-10-4-3-5-11-16)21-15-9-7-13-19(17)21;1-2-14-15-9-5-3-7-12(15)11-13-8-4-6-10-16(13)14;;/h1-20H,21H2;3-15H;3-11H;;/q;2*-1;2*+1/p+2. The molecule has 0 fully saturated rings. The molecule has 11 aromatic carbocycles. The van der Waals surface area contributed by atoms with Crippen molar-refractivity contribution in [2.45, 2.75) is 0 Å². The van der Waals surface area contributed by atoms with Crippen molar-refractivity contribution < 1.29 is 44.8 Å². The third-order valence-electron chi connectivity index (χ3n) is 11.9. The van der Waals surface area contributed by atoms with E-state index in [4.69, 9.17) is 12.8 Å². The molecule has 4 heteroatoms. The van der Waals surface area contributed by atoms with E-state index in [1.807, 2.05) is 54.6 Å². The summed E-state index contributed by atoms with van der Waals surface area (Å²) in [5, 5.41) is 15.0. The second-order valence-electron chi connectivity index (χ2n) is 15.7. The van der Waals surface area contributed by atoms with Crippen molar-refractivity contribution in [3.63, 3.8) is 0 Å². The Bertz CT molecular complexity index is 3150. The maximum atomic E-state index is 7.73. The molecule has 328 valence electrons. The quantitative estimate of drug-likeness (QED) is 0.0490. The van der Waals surface area contributed by atoms with Crippen molar-refractivity contribution in [1.82, 2.24) is 0 Å². The Morgan fingerprint density at radius 2 is 0.567 bits per heavy atom. The van der Waals surface area contributed by atoms with Gasteiger partial charge in [-0.3, -0.25) is 11.8 Å². The number of hydrogen-bond acceptors (Lipinski definition) is 0. The molecule has 11 aromatic rings. The van der Waals surface area contributed by atoms with Gasteiger partial charge in [-0.2, -0.15) is 0 Å². The number of rotatable bonds is 7. The van der Waals surface area contributed by atoms with E-state index in [1.165, 1.54) is 49.0 Å². The Kier molecular flexibility index (Phi) is 17.6. The third kappa shape index (κ3) is 11.2. The van der Waals surface area contributed by atoms with Crippen LogP contribution in [0.5, 0.6) is 0 Å². The zero-order valence-electron chi connectivity index (χ0n) is 36.6. The van der Waals surface area contributed by atoms with Crippen LogP contribution in [0.2, 0.25) is 0 Å². The van der Waals surface area contributed by atoms with Crippen LogP contribution in [0.1, 0.15) is 11.1 Å². The average molecular weight is 1260 g/mol. The molecule has 0 saturated heterocycles. The van der Waals surface area contributed by atoms with Gasteiger partial charge in [-0.15, -0.1) is 11.1 Å². The summed E-state index contributed by atoms with van der Waals surface area (Å²) in [4.78, 5) is 0. The molecule has 0 amide bonds. The van der Waals surface area contributed by atoms with E-state index in [-0.39, 0.29) is 44.8 Å². The Morgan fingerprint density at radius 1 is 0.299 bits per heavy atom. The van der Waals surface area contributed by atoms with Gasteiger partial charge in [0.05, 0.1) is 0 Å². The Hall–Kier alpha value is -6.08. The molecule has 0 aliphatic rings. The summed E-state index contributed by atoms with van der Waals surface area (Å²) in [6.45, 7) is 0. The van der Waals surface area contributed by atoms with Gasteiger partial charge in [0.15, 0.2) is 5.90 Å². The third-order valence-corrected chi connectivity index (χ3v) is 18.8. The molecule has 0 bridgehead atoms. The Morgan fingerprint density at radius 3 is 0.910 bits per heavy atom. The van der Waals surface area contributed by atoms with Gasteiger partial charge in [-0.1, -0.05) is 222 Å². The topological polar surface area (TPSA) is 0 Å². The predicted molar refractivity (Wildman–Crippen MR) is 287 cm³/mol. The van der Waals surface area contributed by atoms with Crippen LogP contribution in [0.4, 0.5) is 0 Å². The maximum Gasteiger partial charge on any atom is 1.00 e. The van der Waals surface area contributed by atoms with Gasteiger partial charge in [0.25, 0.3) is 0 Å². The van der Waals surface area contributed by atoms with E-state index in [0.717, 1.165) is 43.4 Å². The molecule has 0 N–H and O–H groups in total. The minimum atomic E-state index is -0.847. The molecule has 67 heavy (non-hydrogen) atoms. The van der Waals surface area contributed by atoms with Crippen LogP contribution >= 0.6 is 15.8 Å². The van der Waals surface area contributed by atoms with E-state index in [9.17, 15) is 0 Å². The summed E-state index contributed by atoms with van der Waals surface area (Å²) in [7, 11) is -1.69. The van der Waals surface area contributed by atoms with Crippen LogP contribution in [0.3, 0.4) is 0 Å². The molecule has 0 aliphatic carbocycles. The first kappa shape index (κ1) is 48.8. The summed E-state index contributed by atoms with van der Waals surface area (Å²) < 4.78 is 0. The first-order valence-electron chi connectivity index (χ1n) is 21.9. The summed E-state index contributed by atoms with van der Waals surface area (Å²) in [5.74, 6) is 6.45. The first-order valence-corrected chi connectivity index (χ1v) is 25.3. The zero-order chi connectivity index (χ0) is 44.2. The van der Waals surface area contributed by atoms with Gasteiger partial charge < -0.3 is 12.8 Å². The molecule has 0 saturated carbocycles.